The zero-order chi connectivity index (χ0) is 14.8. The van der Waals surface area contributed by atoms with Crippen molar-refractivity contribution in [1.82, 2.24) is 0 Å². The summed E-state index contributed by atoms with van der Waals surface area (Å²) in [5.41, 5.74) is 3.68. The number of hydrogen-bond acceptors (Lipinski definition) is 3. The molecule has 1 atom stereocenters. The Morgan fingerprint density at radius 1 is 1.14 bits per heavy atom. The molecule has 21 heavy (non-hydrogen) atoms. The first-order valence-corrected chi connectivity index (χ1v) is 7.44. The van der Waals surface area contributed by atoms with E-state index < -0.39 is 0 Å². The van der Waals surface area contributed by atoms with Crippen LogP contribution in [0, 0.1) is 0 Å². The molecule has 0 aromatic heterocycles. The number of aromatic hydroxyl groups is 1. The Bertz CT molecular complexity index is 622. The van der Waals surface area contributed by atoms with Gasteiger partial charge in [0, 0.05) is 19.5 Å². The van der Waals surface area contributed by atoms with Gasteiger partial charge in [-0.15, -0.1) is 0 Å². The molecule has 0 saturated carbocycles. The molecule has 1 aliphatic heterocycles. The number of fused-ring (bicyclic) bond motifs is 1. The van der Waals surface area contributed by atoms with E-state index in [4.69, 9.17) is 4.74 Å². The summed E-state index contributed by atoms with van der Waals surface area (Å²) in [6.45, 7) is 3.02. The number of phenols is 1. The summed E-state index contributed by atoms with van der Waals surface area (Å²) in [7, 11) is 2.06. The van der Waals surface area contributed by atoms with Crippen molar-refractivity contribution in [3.8, 4) is 11.5 Å². The van der Waals surface area contributed by atoms with Gasteiger partial charge in [-0.2, -0.15) is 0 Å². The summed E-state index contributed by atoms with van der Waals surface area (Å²) in [6, 6.07) is 14.0. The Balaban J connectivity index is 1.75. The van der Waals surface area contributed by atoms with Crippen LogP contribution in [0.4, 0.5) is 5.69 Å². The lowest BCUT2D eigenvalue weighted by molar-refractivity contribution is 0.195. The van der Waals surface area contributed by atoms with Crippen LogP contribution >= 0.6 is 0 Å². The van der Waals surface area contributed by atoms with Crippen LogP contribution in [0.2, 0.25) is 0 Å². The average molecular weight is 283 g/mol. The molecule has 3 nitrogen and oxygen atoms in total. The third-order valence-electron chi connectivity index (χ3n) is 4.02. The Hall–Kier alpha value is -2.16. The molecule has 0 radical (unpaired) electrons. The number of ether oxygens (including phenoxy) is 1. The topological polar surface area (TPSA) is 32.7 Å². The maximum atomic E-state index is 9.61. The van der Waals surface area contributed by atoms with Gasteiger partial charge >= 0.3 is 0 Å². The van der Waals surface area contributed by atoms with E-state index in [-0.39, 0.29) is 11.9 Å². The molecule has 1 unspecified atom stereocenters. The summed E-state index contributed by atoms with van der Waals surface area (Å²) in [5, 5.41) is 9.61. The quantitative estimate of drug-likeness (QED) is 0.937. The molecule has 2 aromatic carbocycles. The SMILES string of the molecule is CCc1ccc(CC2CN(C)c3ccc(O)cc3O2)cc1. The Kier molecular flexibility index (Phi) is 3.74. The van der Waals surface area contributed by atoms with E-state index in [2.05, 4.69) is 43.1 Å². The van der Waals surface area contributed by atoms with E-state index in [9.17, 15) is 5.11 Å². The van der Waals surface area contributed by atoms with Crippen LogP contribution in [-0.4, -0.2) is 24.8 Å². The Morgan fingerprint density at radius 3 is 2.57 bits per heavy atom. The van der Waals surface area contributed by atoms with E-state index >= 15 is 0 Å². The standard InChI is InChI=1S/C18H21NO2/c1-3-13-4-6-14(7-5-13)10-16-12-19(2)17-9-8-15(20)11-18(17)21-16/h4-9,11,16,20H,3,10,12H2,1-2H3. The summed E-state index contributed by atoms with van der Waals surface area (Å²) >= 11 is 0. The molecule has 3 heteroatoms. The van der Waals surface area contributed by atoms with E-state index in [1.165, 1.54) is 11.1 Å². The average Bonchev–Trinajstić information content (AvgIpc) is 2.47. The van der Waals surface area contributed by atoms with Crippen LogP contribution in [0.15, 0.2) is 42.5 Å². The van der Waals surface area contributed by atoms with Crippen LogP contribution in [0.25, 0.3) is 0 Å². The molecule has 0 fully saturated rings. The molecule has 2 aromatic rings. The third kappa shape index (κ3) is 2.97. The van der Waals surface area contributed by atoms with Crippen molar-refractivity contribution >= 4 is 5.69 Å². The van der Waals surface area contributed by atoms with Crippen LogP contribution < -0.4 is 9.64 Å². The van der Waals surface area contributed by atoms with Gasteiger partial charge in [0.15, 0.2) is 0 Å². The number of benzene rings is 2. The molecule has 1 heterocycles. The van der Waals surface area contributed by atoms with Gasteiger partial charge in [0.05, 0.1) is 12.2 Å². The molecule has 3 rings (SSSR count). The normalized spacial score (nSPS) is 17.2. The number of nitrogens with zero attached hydrogens (tertiary/aromatic N) is 1. The van der Waals surface area contributed by atoms with Crippen molar-refractivity contribution in [1.29, 1.82) is 0 Å². The lowest BCUT2D eigenvalue weighted by Gasteiger charge is -2.34. The minimum atomic E-state index is 0.108. The maximum absolute atomic E-state index is 9.61. The van der Waals surface area contributed by atoms with E-state index in [0.717, 1.165) is 30.8 Å². The first-order chi connectivity index (χ1) is 10.2. The number of aryl methyl sites for hydroxylation is 1. The first-order valence-electron chi connectivity index (χ1n) is 7.44. The highest BCUT2D eigenvalue weighted by molar-refractivity contribution is 5.62. The van der Waals surface area contributed by atoms with Crippen LogP contribution in [0.1, 0.15) is 18.1 Å². The van der Waals surface area contributed by atoms with Gasteiger partial charge in [-0.1, -0.05) is 31.2 Å². The molecule has 0 aliphatic carbocycles. The lowest BCUT2D eigenvalue weighted by atomic mass is 10.0. The number of anilines is 1. The van der Waals surface area contributed by atoms with Gasteiger partial charge in [-0.05, 0) is 29.7 Å². The summed E-state index contributed by atoms with van der Waals surface area (Å²) in [6.07, 6.45) is 2.05. The second-order valence-electron chi connectivity index (χ2n) is 5.65. The predicted molar refractivity (Wildman–Crippen MR) is 85.3 cm³/mol. The Morgan fingerprint density at radius 2 is 1.86 bits per heavy atom. The highest BCUT2D eigenvalue weighted by Crippen LogP contribution is 2.35. The van der Waals surface area contributed by atoms with Crippen molar-refractivity contribution in [2.24, 2.45) is 0 Å². The van der Waals surface area contributed by atoms with Crippen molar-refractivity contribution < 1.29 is 9.84 Å². The van der Waals surface area contributed by atoms with Crippen LogP contribution in [0.3, 0.4) is 0 Å². The van der Waals surface area contributed by atoms with Crippen LogP contribution in [0.5, 0.6) is 11.5 Å². The van der Waals surface area contributed by atoms with E-state index in [1.807, 2.05) is 6.07 Å². The Labute approximate surface area is 125 Å². The highest BCUT2D eigenvalue weighted by atomic mass is 16.5. The molecule has 1 N–H and O–H groups in total. The minimum absolute atomic E-state index is 0.108. The van der Waals surface area contributed by atoms with E-state index in [1.54, 1.807) is 12.1 Å². The molecule has 110 valence electrons. The van der Waals surface area contributed by atoms with Crippen LogP contribution in [-0.2, 0) is 12.8 Å². The van der Waals surface area contributed by atoms with Crippen molar-refractivity contribution in [2.75, 3.05) is 18.5 Å². The first kappa shape index (κ1) is 13.8. The van der Waals surface area contributed by atoms with Gasteiger partial charge in [-0.3, -0.25) is 0 Å². The second-order valence-corrected chi connectivity index (χ2v) is 5.65. The summed E-state index contributed by atoms with van der Waals surface area (Å²) in [5.74, 6) is 1.01. The number of likely N-dealkylation sites (N-methyl/N-ethyl adjacent to an activating group) is 1. The van der Waals surface area contributed by atoms with Crippen molar-refractivity contribution in [3.05, 3.63) is 53.6 Å². The van der Waals surface area contributed by atoms with Crippen molar-refractivity contribution in [3.63, 3.8) is 0 Å². The lowest BCUT2D eigenvalue weighted by Crippen LogP contribution is -2.38. The molecule has 0 spiro atoms. The monoisotopic (exact) mass is 283 g/mol. The fourth-order valence-corrected chi connectivity index (χ4v) is 2.81. The van der Waals surface area contributed by atoms with Gasteiger partial charge < -0.3 is 14.7 Å². The summed E-state index contributed by atoms with van der Waals surface area (Å²) < 4.78 is 6.04. The fourth-order valence-electron chi connectivity index (χ4n) is 2.81. The smallest absolute Gasteiger partial charge is 0.146 e. The molecular weight excluding hydrogens is 262 g/mol. The number of phenolic OH excluding ortho intramolecular Hbond substituents is 1. The zero-order valence-corrected chi connectivity index (χ0v) is 12.5. The number of rotatable bonds is 3. The minimum Gasteiger partial charge on any atom is -0.508 e. The molecule has 0 amide bonds. The van der Waals surface area contributed by atoms with E-state index in [0.29, 0.717) is 0 Å². The molecule has 0 bridgehead atoms. The predicted octanol–water partition coefficient (Wildman–Crippen LogP) is 3.39. The van der Waals surface area contributed by atoms with Gasteiger partial charge in [0.1, 0.15) is 17.6 Å². The summed E-state index contributed by atoms with van der Waals surface area (Å²) in [4.78, 5) is 2.18. The molecule has 0 saturated heterocycles. The van der Waals surface area contributed by atoms with Gasteiger partial charge in [-0.25, -0.2) is 0 Å². The largest absolute Gasteiger partial charge is 0.508 e. The maximum Gasteiger partial charge on any atom is 0.146 e. The van der Waals surface area contributed by atoms with Gasteiger partial charge in [0.2, 0.25) is 0 Å². The zero-order valence-electron chi connectivity index (χ0n) is 12.5. The third-order valence-corrected chi connectivity index (χ3v) is 4.02. The highest BCUT2D eigenvalue weighted by Gasteiger charge is 2.23. The molecular formula is C18H21NO2. The second kappa shape index (κ2) is 5.68. The number of hydrogen-bond donors (Lipinski definition) is 1. The molecule has 1 aliphatic rings. The van der Waals surface area contributed by atoms with Crippen molar-refractivity contribution in [2.45, 2.75) is 25.9 Å². The fraction of sp³-hybridized carbons (Fsp3) is 0.333. The van der Waals surface area contributed by atoms with Gasteiger partial charge in [0.25, 0.3) is 0 Å².